The van der Waals surface area contributed by atoms with Crippen molar-refractivity contribution in [3.05, 3.63) is 34.1 Å². The van der Waals surface area contributed by atoms with Crippen LogP contribution in [0.2, 0.25) is 0 Å². The van der Waals surface area contributed by atoms with Crippen LogP contribution in [0.25, 0.3) is 0 Å². The molecular formula is C14H22BrFN2O. The molecule has 108 valence electrons. The second-order valence-corrected chi connectivity index (χ2v) is 5.90. The number of nitrogens with one attached hydrogen (secondary N) is 1. The molecule has 0 aliphatic carbocycles. The van der Waals surface area contributed by atoms with Gasteiger partial charge in [0.2, 0.25) is 0 Å². The van der Waals surface area contributed by atoms with Crippen molar-refractivity contribution in [1.29, 1.82) is 0 Å². The Balaban J connectivity index is 2.62. The minimum absolute atomic E-state index is 0.0452. The lowest BCUT2D eigenvalue weighted by molar-refractivity contribution is 0.131. The molecule has 0 heterocycles. The Labute approximate surface area is 122 Å². The first-order chi connectivity index (χ1) is 8.92. The predicted molar refractivity (Wildman–Crippen MR) is 79.7 cm³/mol. The highest BCUT2D eigenvalue weighted by molar-refractivity contribution is 9.10. The Hall–Kier alpha value is -0.490. The standard InChI is InChI=1S/C14H22BrFN2O/c1-4-14(17-8-13(19)9-18(2)3)10-5-11(15)7-12(16)6-10/h5-7,13-14,17,19H,4,8-9H2,1-3H3. The molecule has 2 N–H and O–H groups in total. The van der Waals surface area contributed by atoms with Crippen LogP contribution in [0.3, 0.4) is 0 Å². The normalized spacial score (nSPS) is 14.7. The zero-order valence-electron chi connectivity index (χ0n) is 11.7. The van der Waals surface area contributed by atoms with Gasteiger partial charge in [0.05, 0.1) is 6.10 Å². The van der Waals surface area contributed by atoms with Gasteiger partial charge in [-0.05, 0) is 44.3 Å². The monoisotopic (exact) mass is 332 g/mol. The summed E-state index contributed by atoms with van der Waals surface area (Å²) in [6.07, 6.45) is 0.408. The number of likely N-dealkylation sites (N-methyl/N-ethyl adjacent to an activating group) is 1. The average molecular weight is 333 g/mol. The maximum Gasteiger partial charge on any atom is 0.124 e. The highest BCUT2D eigenvalue weighted by atomic mass is 79.9. The molecule has 0 aromatic heterocycles. The summed E-state index contributed by atoms with van der Waals surface area (Å²) in [7, 11) is 3.84. The molecule has 3 nitrogen and oxygen atoms in total. The van der Waals surface area contributed by atoms with Crippen molar-refractivity contribution < 1.29 is 9.50 Å². The molecule has 0 amide bonds. The minimum Gasteiger partial charge on any atom is -0.390 e. The van der Waals surface area contributed by atoms with E-state index in [0.29, 0.717) is 13.1 Å². The van der Waals surface area contributed by atoms with Crippen molar-refractivity contribution in [2.75, 3.05) is 27.2 Å². The first kappa shape index (κ1) is 16.6. The van der Waals surface area contributed by atoms with Crippen molar-refractivity contribution in [3.8, 4) is 0 Å². The number of benzene rings is 1. The molecule has 0 saturated heterocycles. The highest BCUT2D eigenvalue weighted by Gasteiger charge is 2.13. The van der Waals surface area contributed by atoms with Crippen molar-refractivity contribution >= 4 is 15.9 Å². The van der Waals surface area contributed by atoms with Gasteiger partial charge in [-0.25, -0.2) is 4.39 Å². The summed E-state index contributed by atoms with van der Waals surface area (Å²) < 4.78 is 14.1. The average Bonchev–Trinajstić information content (AvgIpc) is 2.27. The van der Waals surface area contributed by atoms with Crippen LogP contribution in [0.4, 0.5) is 4.39 Å². The van der Waals surface area contributed by atoms with Crippen molar-refractivity contribution in [3.63, 3.8) is 0 Å². The van der Waals surface area contributed by atoms with Crippen LogP contribution >= 0.6 is 15.9 Å². The van der Waals surface area contributed by atoms with Gasteiger partial charge in [0.15, 0.2) is 0 Å². The molecule has 0 spiro atoms. The topological polar surface area (TPSA) is 35.5 Å². The molecule has 1 rings (SSSR count). The molecule has 0 aliphatic rings. The Morgan fingerprint density at radius 2 is 2.05 bits per heavy atom. The number of aliphatic hydroxyl groups is 1. The molecule has 0 aliphatic heterocycles. The third-order valence-electron chi connectivity index (χ3n) is 2.87. The van der Waals surface area contributed by atoms with Gasteiger partial charge in [0.25, 0.3) is 0 Å². The molecule has 2 atom stereocenters. The number of halogens is 2. The number of rotatable bonds is 7. The molecule has 0 saturated carbocycles. The molecule has 5 heteroatoms. The van der Waals surface area contributed by atoms with Crippen molar-refractivity contribution in [1.82, 2.24) is 10.2 Å². The third kappa shape index (κ3) is 5.99. The fourth-order valence-corrected chi connectivity index (χ4v) is 2.52. The number of hydrogen-bond acceptors (Lipinski definition) is 3. The second kappa shape index (κ2) is 7.94. The SMILES string of the molecule is CCC(NCC(O)CN(C)C)c1cc(F)cc(Br)c1. The van der Waals surface area contributed by atoms with Crippen LogP contribution in [0, 0.1) is 5.82 Å². The van der Waals surface area contributed by atoms with E-state index in [9.17, 15) is 9.50 Å². The summed E-state index contributed by atoms with van der Waals surface area (Å²) >= 11 is 3.30. The van der Waals surface area contributed by atoms with Gasteiger partial charge in [0.1, 0.15) is 5.82 Å². The van der Waals surface area contributed by atoms with Crippen LogP contribution in [-0.2, 0) is 0 Å². The predicted octanol–water partition coefficient (Wildman–Crippen LogP) is 2.55. The Bertz CT molecular complexity index is 381. The van der Waals surface area contributed by atoms with E-state index in [-0.39, 0.29) is 11.9 Å². The van der Waals surface area contributed by atoms with E-state index in [1.165, 1.54) is 12.1 Å². The lowest BCUT2D eigenvalue weighted by Crippen LogP contribution is -2.36. The largest absolute Gasteiger partial charge is 0.390 e. The molecule has 2 unspecified atom stereocenters. The molecule has 0 fully saturated rings. The van der Waals surface area contributed by atoms with Gasteiger partial charge in [-0.15, -0.1) is 0 Å². The van der Waals surface area contributed by atoms with E-state index < -0.39 is 6.10 Å². The van der Waals surface area contributed by atoms with Crippen LogP contribution in [0.15, 0.2) is 22.7 Å². The van der Waals surface area contributed by atoms with Crippen LogP contribution in [0.5, 0.6) is 0 Å². The second-order valence-electron chi connectivity index (χ2n) is 4.99. The van der Waals surface area contributed by atoms with Gasteiger partial charge < -0.3 is 15.3 Å². The lowest BCUT2D eigenvalue weighted by Gasteiger charge is -2.22. The van der Waals surface area contributed by atoms with E-state index in [1.54, 1.807) is 0 Å². The summed E-state index contributed by atoms with van der Waals surface area (Å²) in [6.45, 7) is 3.13. The molecule has 19 heavy (non-hydrogen) atoms. The molecule has 0 bridgehead atoms. The quantitative estimate of drug-likeness (QED) is 0.805. The Kier molecular flexibility index (Phi) is 6.93. The molecule has 0 radical (unpaired) electrons. The van der Waals surface area contributed by atoms with Gasteiger partial charge in [0, 0.05) is 23.6 Å². The van der Waals surface area contributed by atoms with Gasteiger partial charge in [-0.1, -0.05) is 22.9 Å². The van der Waals surface area contributed by atoms with Gasteiger partial charge >= 0.3 is 0 Å². The smallest absolute Gasteiger partial charge is 0.124 e. The molecule has 1 aromatic rings. The Morgan fingerprint density at radius 3 is 2.58 bits per heavy atom. The first-order valence-corrected chi connectivity index (χ1v) is 7.23. The van der Waals surface area contributed by atoms with Crippen molar-refractivity contribution in [2.24, 2.45) is 0 Å². The lowest BCUT2D eigenvalue weighted by atomic mass is 10.0. The zero-order valence-corrected chi connectivity index (χ0v) is 13.2. The summed E-state index contributed by atoms with van der Waals surface area (Å²) in [5, 5.41) is 13.1. The summed E-state index contributed by atoms with van der Waals surface area (Å²) in [4.78, 5) is 1.94. The first-order valence-electron chi connectivity index (χ1n) is 6.44. The number of aliphatic hydroxyl groups excluding tert-OH is 1. The van der Waals surface area contributed by atoms with Gasteiger partial charge in [-0.2, -0.15) is 0 Å². The molecule has 1 aromatic carbocycles. The van der Waals surface area contributed by atoms with E-state index in [1.807, 2.05) is 32.0 Å². The third-order valence-corrected chi connectivity index (χ3v) is 3.33. The van der Waals surface area contributed by atoms with E-state index in [0.717, 1.165) is 16.5 Å². The summed E-state index contributed by atoms with van der Waals surface area (Å²) in [5.41, 5.74) is 0.895. The van der Waals surface area contributed by atoms with Gasteiger partial charge in [-0.3, -0.25) is 0 Å². The number of nitrogens with zero attached hydrogens (tertiary/aromatic N) is 1. The fourth-order valence-electron chi connectivity index (χ4n) is 2.04. The van der Waals surface area contributed by atoms with Crippen LogP contribution < -0.4 is 5.32 Å². The number of hydrogen-bond donors (Lipinski definition) is 2. The van der Waals surface area contributed by atoms with Crippen LogP contribution in [-0.4, -0.2) is 43.3 Å². The van der Waals surface area contributed by atoms with E-state index in [2.05, 4.69) is 21.2 Å². The Morgan fingerprint density at radius 1 is 1.37 bits per heavy atom. The zero-order chi connectivity index (χ0) is 14.4. The van der Waals surface area contributed by atoms with Crippen LogP contribution in [0.1, 0.15) is 24.9 Å². The van der Waals surface area contributed by atoms with E-state index in [4.69, 9.17) is 0 Å². The minimum atomic E-state index is -0.430. The fraction of sp³-hybridized carbons (Fsp3) is 0.571. The summed E-state index contributed by atoms with van der Waals surface area (Å²) in [5.74, 6) is -0.251. The maximum atomic E-state index is 13.4. The highest BCUT2D eigenvalue weighted by Crippen LogP contribution is 2.22. The van der Waals surface area contributed by atoms with Crippen molar-refractivity contribution in [2.45, 2.75) is 25.5 Å². The van der Waals surface area contributed by atoms with E-state index >= 15 is 0 Å². The maximum absolute atomic E-state index is 13.4. The molecular weight excluding hydrogens is 311 g/mol. The summed E-state index contributed by atoms with van der Waals surface area (Å²) in [6, 6.07) is 4.92.